The third-order valence-corrected chi connectivity index (χ3v) is 2.97. The Labute approximate surface area is 117 Å². The van der Waals surface area contributed by atoms with Gasteiger partial charge in [0.2, 0.25) is 5.88 Å². The van der Waals surface area contributed by atoms with Gasteiger partial charge >= 0.3 is 0 Å². The van der Waals surface area contributed by atoms with Gasteiger partial charge in [-0.25, -0.2) is 4.98 Å². The number of aromatic nitrogens is 1. The Hall–Kier alpha value is -2.56. The molecule has 2 aromatic rings. The quantitative estimate of drug-likeness (QED) is 0.833. The maximum Gasteiger partial charge on any atom is 0.251 e. The van der Waals surface area contributed by atoms with Gasteiger partial charge in [-0.2, -0.15) is 0 Å². The van der Waals surface area contributed by atoms with Crippen LogP contribution in [-0.4, -0.2) is 18.0 Å². The molecule has 5 nitrogen and oxygen atoms in total. The average molecular weight is 271 g/mol. The second-order valence-corrected chi connectivity index (χ2v) is 4.47. The van der Waals surface area contributed by atoms with E-state index in [1.807, 2.05) is 19.1 Å². The van der Waals surface area contributed by atoms with Crippen LogP contribution < -0.4 is 15.8 Å². The van der Waals surface area contributed by atoms with Crippen molar-refractivity contribution in [1.29, 1.82) is 0 Å². The average Bonchev–Trinajstić information content (AvgIpc) is 2.47. The fourth-order valence-corrected chi connectivity index (χ4v) is 1.80. The van der Waals surface area contributed by atoms with Crippen molar-refractivity contribution in [2.75, 3.05) is 12.8 Å². The first kappa shape index (κ1) is 13.9. The molecule has 0 radical (unpaired) electrons. The van der Waals surface area contributed by atoms with Gasteiger partial charge in [-0.3, -0.25) is 4.79 Å². The number of rotatable bonds is 4. The van der Waals surface area contributed by atoms with Crippen LogP contribution in [0.3, 0.4) is 0 Å². The number of nitrogens with two attached hydrogens (primary N) is 1. The zero-order valence-corrected chi connectivity index (χ0v) is 11.5. The first-order chi connectivity index (χ1) is 9.60. The predicted molar refractivity (Wildman–Crippen MR) is 77.6 cm³/mol. The molecule has 2 rings (SSSR count). The zero-order chi connectivity index (χ0) is 14.5. The standard InChI is InChI=1S/C15H17N3O2/c1-10-3-5-12(16)7-13(10)15(19)18-9-11-4-6-14(20-2)17-8-11/h3-8H,9,16H2,1-2H3,(H,18,19). The number of amides is 1. The van der Waals surface area contributed by atoms with Crippen LogP contribution in [0.25, 0.3) is 0 Å². The number of hydrogen-bond donors (Lipinski definition) is 2. The SMILES string of the molecule is COc1ccc(CNC(=O)c2cc(N)ccc2C)cn1. The van der Waals surface area contributed by atoms with Crippen molar-refractivity contribution in [2.45, 2.75) is 13.5 Å². The van der Waals surface area contributed by atoms with Crippen molar-refractivity contribution in [3.8, 4) is 5.88 Å². The Morgan fingerprint density at radius 2 is 2.15 bits per heavy atom. The summed E-state index contributed by atoms with van der Waals surface area (Å²) in [6.45, 7) is 2.29. The minimum atomic E-state index is -0.148. The maximum atomic E-state index is 12.1. The first-order valence-corrected chi connectivity index (χ1v) is 6.23. The molecule has 0 saturated carbocycles. The number of benzene rings is 1. The van der Waals surface area contributed by atoms with Crippen LogP contribution in [0.15, 0.2) is 36.5 Å². The van der Waals surface area contributed by atoms with Gasteiger partial charge in [-0.05, 0) is 30.2 Å². The molecular weight excluding hydrogens is 254 g/mol. The second-order valence-electron chi connectivity index (χ2n) is 4.47. The van der Waals surface area contributed by atoms with E-state index in [0.29, 0.717) is 23.7 Å². The summed E-state index contributed by atoms with van der Waals surface area (Å²) in [5.74, 6) is 0.400. The number of ether oxygens (including phenoxy) is 1. The zero-order valence-electron chi connectivity index (χ0n) is 11.5. The summed E-state index contributed by atoms with van der Waals surface area (Å²) in [6.07, 6.45) is 1.67. The summed E-state index contributed by atoms with van der Waals surface area (Å²) in [6, 6.07) is 8.90. The van der Waals surface area contributed by atoms with E-state index in [1.165, 1.54) is 0 Å². The minimum Gasteiger partial charge on any atom is -0.481 e. The summed E-state index contributed by atoms with van der Waals surface area (Å²) in [5.41, 5.74) is 8.66. The summed E-state index contributed by atoms with van der Waals surface area (Å²) in [5, 5.41) is 2.85. The molecule has 0 fully saturated rings. The number of anilines is 1. The van der Waals surface area contributed by atoms with Crippen molar-refractivity contribution >= 4 is 11.6 Å². The molecule has 5 heteroatoms. The summed E-state index contributed by atoms with van der Waals surface area (Å²) >= 11 is 0. The fourth-order valence-electron chi connectivity index (χ4n) is 1.80. The molecule has 20 heavy (non-hydrogen) atoms. The molecule has 104 valence electrons. The first-order valence-electron chi connectivity index (χ1n) is 6.23. The van der Waals surface area contributed by atoms with Gasteiger partial charge in [0.05, 0.1) is 7.11 Å². The Balaban J connectivity index is 2.02. The molecule has 0 bridgehead atoms. The Morgan fingerprint density at radius 3 is 2.80 bits per heavy atom. The number of nitrogens with one attached hydrogen (secondary N) is 1. The lowest BCUT2D eigenvalue weighted by atomic mass is 10.1. The number of pyridine rings is 1. The molecule has 0 aliphatic heterocycles. The Kier molecular flexibility index (Phi) is 4.20. The van der Waals surface area contributed by atoms with Crippen LogP contribution in [0.5, 0.6) is 5.88 Å². The molecule has 0 atom stereocenters. The predicted octanol–water partition coefficient (Wildman–Crippen LogP) is 1.91. The van der Waals surface area contributed by atoms with E-state index >= 15 is 0 Å². The van der Waals surface area contributed by atoms with E-state index < -0.39 is 0 Å². The molecule has 0 spiro atoms. The van der Waals surface area contributed by atoms with Gasteiger partial charge in [-0.15, -0.1) is 0 Å². The van der Waals surface area contributed by atoms with Gasteiger partial charge in [-0.1, -0.05) is 12.1 Å². The van der Waals surface area contributed by atoms with Crippen LogP contribution in [0.2, 0.25) is 0 Å². The number of carbonyl (C=O) groups excluding carboxylic acids is 1. The number of carbonyl (C=O) groups is 1. The highest BCUT2D eigenvalue weighted by Crippen LogP contribution is 2.13. The minimum absolute atomic E-state index is 0.148. The molecule has 0 unspecified atom stereocenters. The summed E-state index contributed by atoms with van der Waals surface area (Å²) in [7, 11) is 1.56. The van der Waals surface area contributed by atoms with Gasteiger partial charge in [0.1, 0.15) is 0 Å². The molecule has 0 aliphatic carbocycles. The van der Waals surface area contributed by atoms with Crippen molar-refractivity contribution in [2.24, 2.45) is 0 Å². The van der Waals surface area contributed by atoms with Crippen molar-refractivity contribution in [1.82, 2.24) is 10.3 Å². The largest absolute Gasteiger partial charge is 0.481 e. The summed E-state index contributed by atoms with van der Waals surface area (Å²) < 4.78 is 4.98. The third-order valence-electron chi connectivity index (χ3n) is 2.97. The van der Waals surface area contributed by atoms with Crippen molar-refractivity contribution in [3.63, 3.8) is 0 Å². The van der Waals surface area contributed by atoms with E-state index in [1.54, 1.807) is 31.5 Å². The van der Waals surface area contributed by atoms with E-state index in [0.717, 1.165) is 11.1 Å². The highest BCUT2D eigenvalue weighted by molar-refractivity contribution is 5.96. The maximum absolute atomic E-state index is 12.1. The van der Waals surface area contributed by atoms with Gasteiger partial charge in [0.25, 0.3) is 5.91 Å². The van der Waals surface area contributed by atoms with Gasteiger partial charge in [0.15, 0.2) is 0 Å². The number of nitrogens with zero attached hydrogens (tertiary/aromatic N) is 1. The molecule has 0 aliphatic rings. The number of nitrogen functional groups attached to an aromatic ring is 1. The van der Waals surface area contributed by atoms with Crippen LogP contribution in [0, 0.1) is 6.92 Å². The third kappa shape index (κ3) is 3.26. The lowest BCUT2D eigenvalue weighted by Gasteiger charge is -2.08. The fraction of sp³-hybridized carbons (Fsp3) is 0.200. The summed E-state index contributed by atoms with van der Waals surface area (Å²) in [4.78, 5) is 16.2. The molecule has 0 saturated heterocycles. The van der Waals surface area contributed by atoms with Crippen molar-refractivity contribution in [3.05, 3.63) is 53.2 Å². The lowest BCUT2D eigenvalue weighted by molar-refractivity contribution is 0.0950. The van der Waals surface area contributed by atoms with Crippen molar-refractivity contribution < 1.29 is 9.53 Å². The Morgan fingerprint density at radius 1 is 1.35 bits per heavy atom. The number of methoxy groups -OCH3 is 1. The monoisotopic (exact) mass is 271 g/mol. The highest BCUT2D eigenvalue weighted by Gasteiger charge is 2.09. The smallest absolute Gasteiger partial charge is 0.251 e. The van der Waals surface area contributed by atoms with Crippen LogP contribution in [0.1, 0.15) is 21.5 Å². The molecule has 1 aromatic heterocycles. The highest BCUT2D eigenvalue weighted by atomic mass is 16.5. The second kappa shape index (κ2) is 6.06. The van der Waals surface area contributed by atoms with Gasteiger partial charge in [0, 0.05) is 30.1 Å². The van der Waals surface area contributed by atoms with E-state index in [-0.39, 0.29) is 5.91 Å². The molecule has 3 N–H and O–H groups in total. The van der Waals surface area contributed by atoms with Crippen LogP contribution in [-0.2, 0) is 6.54 Å². The van der Waals surface area contributed by atoms with E-state index in [9.17, 15) is 4.79 Å². The molecule has 1 amide bonds. The Bertz CT molecular complexity index is 609. The van der Waals surface area contributed by atoms with E-state index in [4.69, 9.17) is 10.5 Å². The van der Waals surface area contributed by atoms with Crippen LogP contribution >= 0.6 is 0 Å². The topological polar surface area (TPSA) is 77.2 Å². The van der Waals surface area contributed by atoms with Gasteiger partial charge < -0.3 is 15.8 Å². The molecule has 1 aromatic carbocycles. The molecule has 1 heterocycles. The number of aryl methyl sites for hydroxylation is 1. The number of hydrogen-bond acceptors (Lipinski definition) is 4. The lowest BCUT2D eigenvalue weighted by Crippen LogP contribution is -2.23. The van der Waals surface area contributed by atoms with E-state index in [2.05, 4.69) is 10.3 Å². The van der Waals surface area contributed by atoms with Crippen LogP contribution in [0.4, 0.5) is 5.69 Å². The molecular formula is C15H17N3O2. The normalized spacial score (nSPS) is 10.1.